The van der Waals surface area contributed by atoms with Crippen molar-refractivity contribution < 1.29 is 4.18 Å². The highest BCUT2D eigenvalue weighted by Crippen LogP contribution is 2.23. The molecule has 0 fully saturated rings. The summed E-state index contributed by atoms with van der Waals surface area (Å²) < 4.78 is 4.86. The van der Waals surface area contributed by atoms with E-state index in [-0.39, 0.29) is 0 Å². The van der Waals surface area contributed by atoms with E-state index in [9.17, 15) is 0 Å². The van der Waals surface area contributed by atoms with Gasteiger partial charge in [0.25, 0.3) is 0 Å². The summed E-state index contributed by atoms with van der Waals surface area (Å²) in [5, 5.41) is 1.06. The number of aromatic nitrogens is 1. The molecule has 0 bridgehead atoms. The summed E-state index contributed by atoms with van der Waals surface area (Å²) in [7, 11) is 0. The van der Waals surface area contributed by atoms with Crippen LogP contribution in [-0.4, -0.2) is 4.98 Å². The molecule has 1 aromatic carbocycles. The van der Waals surface area contributed by atoms with E-state index in [1.165, 1.54) is 0 Å². The molecule has 0 aliphatic rings. The molecule has 3 heteroatoms. The molecule has 0 atom stereocenters. The highest BCUT2D eigenvalue weighted by atomic mass is 32.1. The van der Waals surface area contributed by atoms with E-state index in [0.29, 0.717) is 5.75 Å². The molecular weight excluding hydrogens is 170 g/mol. The van der Waals surface area contributed by atoms with Crippen LogP contribution in [-0.2, 0) is 0 Å². The highest BCUT2D eigenvalue weighted by molar-refractivity contribution is 7.75. The molecule has 2 aromatic rings. The van der Waals surface area contributed by atoms with Crippen molar-refractivity contribution in [2.75, 3.05) is 0 Å². The van der Waals surface area contributed by atoms with Crippen LogP contribution in [0.2, 0.25) is 0 Å². The number of rotatable bonds is 1. The summed E-state index contributed by atoms with van der Waals surface area (Å²) in [6.07, 6.45) is 1.73. The van der Waals surface area contributed by atoms with Crippen molar-refractivity contribution in [2.24, 2.45) is 0 Å². The van der Waals surface area contributed by atoms with Crippen molar-refractivity contribution in [2.45, 2.75) is 0 Å². The Hall–Kier alpha value is -1.22. The maximum absolute atomic E-state index is 4.86. The summed E-state index contributed by atoms with van der Waals surface area (Å²) in [4.78, 5) is 4.18. The van der Waals surface area contributed by atoms with Gasteiger partial charge in [-0.2, -0.15) is 0 Å². The third-order valence-electron chi connectivity index (χ3n) is 1.69. The minimum Gasteiger partial charge on any atom is -0.427 e. The molecular formula is C9H7NOS. The van der Waals surface area contributed by atoms with Crippen molar-refractivity contribution in [3.05, 3.63) is 36.5 Å². The van der Waals surface area contributed by atoms with Crippen LogP contribution in [0.5, 0.6) is 5.75 Å². The number of thiol groups is 1. The quantitative estimate of drug-likeness (QED) is 0.534. The molecule has 12 heavy (non-hydrogen) atoms. The van der Waals surface area contributed by atoms with E-state index >= 15 is 0 Å². The third-order valence-corrected chi connectivity index (χ3v) is 1.89. The lowest BCUT2D eigenvalue weighted by atomic mass is 10.2. The number of fused-ring (bicyclic) bond motifs is 1. The van der Waals surface area contributed by atoms with Gasteiger partial charge in [-0.1, -0.05) is 18.2 Å². The lowest BCUT2D eigenvalue weighted by Gasteiger charge is -2.00. The number of pyridine rings is 1. The number of hydrogen-bond acceptors (Lipinski definition) is 3. The van der Waals surface area contributed by atoms with Gasteiger partial charge in [0, 0.05) is 24.5 Å². The van der Waals surface area contributed by atoms with Gasteiger partial charge in [0.05, 0.1) is 0 Å². The minimum atomic E-state index is 0.691. The molecule has 0 amide bonds. The van der Waals surface area contributed by atoms with Crippen LogP contribution in [0.4, 0.5) is 0 Å². The Kier molecular flexibility index (Phi) is 1.87. The van der Waals surface area contributed by atoms with Crippen LogP contribution in [0, 0.1) is 0 Å². The van der Waals surface area contributed by atoms with E-state index in [0.717, 1.165) is 10.9 Å². The topological polar surface area (TPSA) is 22.1 Å². The Bertz CT molecular complexity index is 397. The molecule has 0 spiro atoms. The number of para-hydroxylation sites is 1. The average Bonchev–Trinajstić information content (AvgIpc) is 2.17. The van der Waals surface area contributed by atoms with Gasteiger partial charge in [-0.05, 0) is 12.1 Å². The molecule has 0 radical (unpaired) electrons. The first kappa shape index (κ1) is 7.43. The second-order valence-electron chi connectivity index (χ2n) is 2.42. The fourth-order valence-corrected chi connectivity index (χ4v) is 1.30. The Morgan fingerprint density at radius 2 is 2.00 bits per heavy atom. The van der Waals surface area contributed by atoms with Gasteiger partial charge in [0.15, 0.2) is 5.75 Å². The summed E-state index contributed by atoms with van der Waals surface area (Å²) in [6.45, 7) is 0. The minimum absolute atomic E-state index is 0.691. The maximum Gasteiger partial charge on any atom is 0.163 e. The molecule has 0 aliphatic carbocycles. The predicted molar refractivity (Wildman–Crippen MR) is 51.4 cm³/mol. The van der Waals surface area contributed by atoms with Crippen LogP contribution in [0.25, 0.3) is 10.9 Å². The van der Waals surface area contributed by atoms with E-state index in [2.05, 4.69) is 17.9 Å². The van der Waals surface area contributed by atoms with Crippen LogP contribution in [0.3, 0.4) is 0 Å². The zero-order valence-corrected chi connectivity index (χ0v) is 7.16. The first-order chi connectivity index (χ1) is 5.92. The second kappa shape index (κ2) is 3.03. The molecule has 2 nitrogen and oxygen atoms in total. The largest absolute Gasteiger partial charge is 0.427 e. The second-order valence-corrected chi connectivity index (χ2v) is 2.61. The van der Waals surface area contributed by atoms with Gasteiger partial charge in [-0.25, -0.2) is 0 Å². The van der Waals surface area contributed by atoms with Crippen molar-refractivity contribution >= 4 is 23.8 Å². The van der Waals surface area contributed by atoms with E-state index < -0.39 is 0 Å². The molecule has 0 unspecified atom stereocenters. The Morgan fingerprint density at radius 3 is 2.83 bits per heavy atom. The fourth-order valence-electron chi connectivity index (χ4n) is 1.15. The molecule has 0 saturated carbocycles. The van der Waals surface area contributed by atoms with E-state index in [1.54, 1.807) is 6.20 Å². The van der Waals surface area contributed by atoms with Crippen LogP contribution in [0.1, 0.15) is 0 Å². The standard InChI is InChI=1S/C9H7NOS/c12-11-8-5-1-3-7-4-2-6-10-9(7)8/h1-6,12H. The van der Waals surface area contributed by atoms with E-state index in [1.807, 2.05) is 30.3 Å². The molecule has 60 valence electrons. The summed E-state index contributed by atoms with van der Waals surface area (Å²) in [5.41, 5.74) is 0.843. The molecule has 1 heterocycles. The molecule has 0 N–H and O–H groups in total. The average molecular weight is 177 g/mol. The van der Waals surface area contributed by atoms with Gasteiger partial charge >= 0.3 is 0 Å². The van der Waals surface area contributed by atoms with Gasteiger partial charge in [0.1, 0.15) is 5.52 Å². The SMILES string of the molecule is SOc1cccc2cccnc12. The van der Waals surface area contributed by atoms with Gasteiger partial charge in [-0.3, -0.25) is 4.98 Å². The summed E-state index contributed by atoms with van der Waals surface area (Å²) >= 11 is 3.75. The van der Waals surface area contributed by atoms with Crippen molar-refractivity contribution in [3.63, 3.8) is 0 Å². The van der Waals surface area contributed by atoms with Crippen molar-refractivity contribution in [1.82, 2.24) is 4.98 Å². The number of benzene rings is 1. The highest BCUT2D eigenvalue weighted by Gasteiger charge is 1.99. The van der Waals surface area contributed by atoms with Crippen LogP contribution >= 0.6 is 12.9 Å². The van der Waals surface area contributed by atoms with Crippen molar-refractivity contribution in [1.29, 1.82) is 0 Å². The summed E-state index contributed by atoms with van der Waals surface area (Å²) in [6, 6.07) is 9.61. The summed E-state index contributed by atoms with van der Waals surface area (Å²) in [5.74, 6) is 0.691. The normalized spacial score (nSPS) is 10.1. The van der Waals surface area contributed by atoms with Gasteiger partial charge in [0.2, 0.25) is 0 Å². The fraction of sp³-hybridized carbons (Fsp3) is 0. The molecule has 1 aromatic heterocycles. The molecule has 0 aliphatic heterocycles. The Labute approximate surface area is 75.8 Å². The molecule has 0 saturated heterocycles. The Balaban J connectivity index is 2.79. The predicted octanol–water partition coefficient (Wildman–Crippen LogP) is 2.46. The monoisotopic (exact) mass is 177 g/mol. The van der Waals surface area contributed by atoms with Crippen LogP contribution < -0.4 is 4.18 Å². The lowest BCUT2D eigenvalue weighted by Crippen LogP contribution is -1.81. The maximum atomic E-state index is 4.86. The third kappa shape index (κ3) is 1.12. The van der Waals surface area contributed by atoms with Crippen LogP contribution in [0.15, 0.2) is 36.5 Å². The smallest absolute Gasteiger partial charge is 0.163 e. The number of hydrogen-bond donors (Lipinski definition) is 1. The van der Waals surface area contributed by atoms with Gasteiger partial charge < -0.3 is 4.18 Å². The molecule has 2 rings (SSSR count). The zero-order chi connectivity index (χ0) is 8.39. The first-order valence-corrected chi connectivity index (χ1v) is 3.93. The van der Waals surface area contributed by atoms with Gasteiger partial charge in [-0.15, -0.1) is 0 Å². The zero-order valence-electron chi connectivity index (χ0n) is 6.27. The Morgan fingerprint density at radius 1 is 1.17 bits per heavy atom. The lowest BCUT2D eigenvalue weighted by molar-refractivity contribution is 0.665. The first-order valence-electron chi connectivity index (χ1n) is 3.57. The van der Waals surface area contributed by atoms with Crippen molar-refractivity contribution in [3.8, 4) is 5.75 Å². The van der Waals surface area contributed by atoms with E-state index in [4.69, 9.17) is 4.18 Å². The number of nitrogens with zero attached hydrogens (tertiary/aromatic N) is 1.